The van der Waals surface area contributed by atoms with Crippen LogP contribution in [0.2, 0.25) is 0 Å². The van der Waals surface area contributed by atoms with Gasteiger partial charge in [0.05, 0.1) is 23.9 Å². The highest BCUT2D eigenvalue weighted by Crippen LogP contribution is 2.22. The first kappa shape index (κ1) is 18.8. The monoisotopic (exact) mass is 336 g/mol. The van der Waals surface area contributed by atoms with Gasteiger partial charge in [0.15, 0.2) is 0 Å². The molecule has 0 spiro atoms. The topological polar surface area (TPSA) is 59.4 Å². The molecule has 0 unspecified atom stereocenters. The number of aromatic nitrogens is 2. The Morgan fingerprint density at radius 1 is 1.50 bits per heavy atom. The first-order valence-electron chi connectivity index (χ1n) is 8.92. The summed E-state index contributed by atoms with van der Waals surface area (Å²) in [5.74, 6) is 0.455. The van der Waals surface area contributed by atoms with Crippen molar-refractivity contribution >= 4 is 6.03 Å². The quantitative estimate of drug-likeness (QED) is 0.899. The molecule has 1 fully saturated rings. The van der Waals surface area contributed by atoms with Crippen LogP contribution in [0.3, 0.4) is 0 Å². The molecule has 1 aliphatic heterocycles. The van der Waals surface area contributed by atoms with Crippen LogP contribution >= 0.6 is 0 Å². The molecule has 6 heteroatoms. The Kier molecular flexibility index (Phi) is 5.91. The van der Waals surface area contributed by atoms with E-state index in [1.165, 1.54) is 0 Å². The van der Waals surface area contributed by atoms with E-state index < -0.39 is 0 Å². The van der Waals surface area contributed by atoms with Crippen molar-refractivity contribution in [2.24, 2.45) is 5.92 Å². The van der Waals surface area contributed by atoms with Gasteiger partial charge < -0.3 is 15.0 Å². The largest absolute Gasteiger partial charge is 0.381 e. The summed E-state index contributed by atoms with van der Waals surface area (Å²) < 4.78 is 7.44. The molecule has 0 saturated carbocycles. The van der Waals surface area contributed by atoms with Gasteiger partial charge in [-0.05, 0) is 48.0 Å². The number of amides is 2. The van der Waals surface area contributed by atoms with Gasteiger partial charge in [-0.1, -0.05) is 0 Å². The number of aryl methyl sites for hydroxylation is 1. The predicted molar refractivity (Wildman–Crippen MR) is 95.1 cm³/mol. The van der Waals surface area contributed by atoms with Gasteiger partial charge >= 0.3 is 6.03 Å². The van der Waals surface area contributed by atoms with E-state index in [4.69, 9.17) is 4.74 Å². The van der Waals surface area contributed by atoms with E-state index in [1.54, 1.807) is 0 Å². The van der Waals surface area contributed by atoms with Crippen molar-refractivity contribution in [3.8, 4) is 0 Å². The molecule has 2 heterocycles. The number of carbonyl (C=O) groups is 1. The summed E-state index contributed by atoms with van der Waals surface area (Å²) in [6.07, 6.45) is 3.06. The molecule has 1 aliphatic rings. The smallest absolute Gasteiger partial charge is 0.317 e. The fourth-order valence-electron chi connectivity index (χ4n) is 3.03. The number of hydrogen-bond donors (Lipinski definition) is 1. The second kappa shape index (κ2) is 7.55. The Labute approximate surface area is 145 Å². The van der Waals surface area contributed by atoms with Gasteiger partial charge in [0.25, 0.3) is 0 Å². The maximum Gasteiger partial charge on any atom is 0.317 e. The highest BCUT2D eigenvalue weighted by Gasteiger charge is 2.28. The molecular formula is C18H32N4O2. The van der Waals surface area contributed by atoms with Crippen molar-refractivity contribution in [3.05, 3.63) is 17.5 Å². The van der Waals surface area contributed by atoms with Gasteiger partial charge in [-0.15, -0.1) is 0 Å². The Balaban J connectivity index is 1.94. The lowest BCUT2D eigenvalue weighted by molar-refractivity contribution is 0.113. The molecule has 2 amide bonds. The van der Waals surface area contributed by atoms with Gasteiger partial charge in [0.1, 0.15) is 0 Å². The number of rotatable bonds is 5. The van der Waals surface area contributed by atoms with Crippen LogP contribution in [0, 0.1) is 12.8 Å². The number of ether oxygens (including phenoxy) is 1. The van der Waals surface area contributed by atoms with Crippen LogP contribution in [0.15, 0.2) is 6.20 Å². The Morgan fingerprint density at radius 2 is 2.21 bits per heavy atom. The molecule has 24 heavy (non-hydrogen) atoms. The Bertz CT molecular complexity index is 562. The molecule has 0 bridgehead atoms. The third-order valence-corrected chi connectivity index (χ3v) is 4.56. The van der Waals surface area contributed by atoms with E-state index in [-0.39, 0.29) is 17.6 Å². The minimum absolute atomic E-state index is 0.00408. The second-order valence-electron chi connectivity index (χ2n) is 7.72. The van der Waals surface area contributed by atoms with E-state index in [0.717, 1.165) is 44.0 Å². The average molecular weight is 336 g/mol. The molecule has 2 atom stereocenters. The number of likely N-dealkylation sites (tertiary alicyclic amines) is 1. The number of nitrogens with one attached hydrogen (secondary N) is 1. The summed E-state index contributed by atoms with van der Waals surface area (Å²) >= 11 is 0. The number of nitrogens with zero attached hydrogens (tertiary/aromatic N) is 3. The SMILES string of the molecule is CCOC[C@H]1CCN(C(=O)N[C@H](C)c2cn(C(C)(C)C)nc2C)C1. The summed E-state index contributed by atoms with van der Waals surface area (Å²) in [6, 6.07) is -0.0519. The normalized spacial score (nSPS) is 19.6. The van der Waals surface area contributed by atoms with Crippen molar-refractivity contribution in [1.82, 2.24) is 20.0 Å². The molecule has 0 aliphatic carbocycles. The first-order chi connectivity index (χ1) is 11.2. The second-order valence-corrected chi connectivity index (χ2v) is 7.72. The van der Waals surface area contributed by atoms with Crippen LogP contribution in [0.5, 0.6) is 0 Å². The van der Waals surface area contributed by atoms with Crippen LogP contribution in [-0.2, 0) is 10.3 Å². The maximum atomic E-state index is 12.5. The van der Waals surface area contributed by atoms with Crippen LogP contribution in [0.1, 0.15) is 58.3 Å². The van der Waals surface area contributed by atoms with Gasteiger partial charge in [0, 0.05) is 37.4 Å². The fourth-order valence-corrected chi connectivity index (χ4v) is 3.03. The minimum Gasteiger partial charge on any atom is -0.381 e. The van der Waals surface area contributed by atoms with Gasteiger partial charge in [0.2, 0.25) is 0 Å². The summed E-state index contributed by atoms with van der Waals surface area (Å²) in [7, 11) is 0. The van der Waals surface area contributed by atoms with E-state index in [1.807, 2.05) is 36.5 Å². The van der Waals surface area contributed by atoms with Crippen molar-refractivity contribution < 1.29 is 9.53 Å². The zero-order valence-corrected chi connectivity index (χ0v) is 15.9. The molecular weight excluding hydrogens is 304 g/mol. The van der Waals surface area contributed by atoms with Crippen molar-refractivity contribution in [2.45, 2.75) is 59.5 Å². The molecule has 136 valence electrons. The molecule has 1 N–H and O–H groups in total. The third kappa shape index (κ3) is 4.50. The lowest BCUT2D eigenvalue weighted by atomic mass is 10.1. The van der Waals surface area contributed by atoms with E-state index in [0.29, 0.717) is 5.92 Å². The van der Waals surface area contributed by atoms with Gasteiger partial charge in [-0.2, -0.15) is 5.10 Å². The average Bonchev–Trinajstić information content (AvgIpc) is 3.11. The molecule has 0 aromatic carbocycles. The fraction of sp³-hybridized carbons (Fsp3) is 0.778. The minimum atomic E-state index is -0.0613. The lowest BCUT2D eigenvalue weighted by Crippen LogP contribution is -2.40. The molecule has 0 radical (unpaired) electrons. The van der Waals surface area contributed by atoms with E-state index in [2.05, 4.69) is 31.2 Å². The Morgan fingerprint density at radius 3 is 2.79 bits per heavy atom. The molecule has 2 rings (SSSR count). The van der Waals surface area contributed by atoms with Crippen LogP contribution in [0.25, 0.3) is 0 Å². The number of carbonyl (C=O) groups excluding carboxylic acids is 1. The van der Waals surface area contributed by atoms with Crippen molar-refractivity contribution in [1.29, 1.82) is 0 Å². The highest BCUT2D eigenvalue weighted by atomic mass is 16.5. The van der Waals surface area contributed by atoms with Gasteiger partial charge in [-0.25, -0.2) is 4.79 Å². The highest BCUT2D eigenvalue weighted by molar-refractivity contribution is 5.75. The van der Waals surface area contributed by atoms with Crippen molar-refractivity contribution in [2.75, 3.05) is 26.3 Å². The lowest BCUT2D eigenvalue weighted by Gasteiger charge is -2.21. The van der Waals surface area contributed by atoms with Crippen molar-refractivity contribution in [3.63, 3.8) is 0 Å². The number of urea groups is 1. The molecule has 1 saturated heterocycles. The summed E-state index contributed by atoms with van der Waals surface area (Å²) in [5, 5.41) is 7.70. The summed E-state index contributed by atoms with van der Waals surface area (Å²) in [5.41, 5.74) is 1.98. The third-order valence-electron chi connectivity index (χ3n) is 4.56. The molecule has 1 aromatic rings. The standard InChI is InChI=1S/C18H32N4O2/c1-7-24-12-15-8-9-21(10-15)17(23)19-13(2)16-11-22(18(4,5)6)20-14(16)3/h11,13,15H,7-10,12H2,1-6H3,(H,19,23)/t13-,15+/m1/s1. The van der Waals surface area contributed by atoms with Gasteiger partial charge in [-0.3, -0.25) is 4.68 Å². The summed E-state index contributed by atoms with van der Waals surface area (Å²) in [6.45, 7) is 15.4. The number of hydrogen-bond acceptors (Lipinski definition) is 3. The zero-order valence-electron chi connectivity index (χ0n) is 15.9. The van der Waals surface area contributed by atoms with Crippen LogP contribution < -0.4 is 5.32 Å². The van der Waals surface area contributed by atoms with E-state index >= 15 is 0 Å². The zero-order chi connectivity index (χ0) is 17.9. The molecule has 6 nitrogen and oxygen atoms in total. The summed E-state index contributed by atoms with van der Waals surface area (Å²) in [4.78, 5) is 14.4. The first-order valence-corrected chi connectivity index (χ1v) is 8.92. The van der Waals surface area contributed by atoms with Crippen LogP contribution in [0.4, 0.5) is 4.79 Å². The van der Waals surface area contributed by atoms with Crippen LogP contribution in [-0.4, -0.2) is 47.0 Å². The predicted octanol–water partition coefficient (Wildman–Crippen LogP) is 3.08. The maximum absolute atomic E-state index is 12.5. The molecule has 1 aromatic heterocycles. The Hall–Kier alpha value is -1.56. The van der Waals surface area contributed by atoms with E-state index in [9.17, 15) is 4.79 Å².